The van der Waals surface area contributed by atoms with Crippen LogP contribution in [-0.2, 0) is 20.1 Å². The molecular formula is C19H17N3O. The average Bonchev–Trinajstić information content (AvgIpc) is 3.13. The van der Waals surface area contributed by atoms with Crippen molar-refractivity contribution in [3.8, 4) is 11.1 Å². The Morgan fingerprint density at radius 2 is 1.83 bits per heavy atom. The maximum absolute atomic E-state index is 12.4. The zero-order valence-corrected chi connectivity index (χ0v) is 12.9. The molecule has 0 saturated heterocycles. The summed E-state index contributed by atoms with van der Waals surface area (Å²) in [6, 6.07) is 16.2. The number of hydrogen-bond donors (Lipinski definition) is 0. The van der Waals surface area contributed by atoms with Crippen LogP contribution in [0.3, 0.4) is 0 Å². The van der Waals surface area contributed by atoms with Gasteiger partial charge in [0.1, 0.15) is 0 Å². The molecular weight excluding hydrogens is 286 g/mol. The van der Waals surface area contributed by atoms with Gasteiger partial charge in [0, 0.05) is 37.5 Å². The summed E-state index contributed by atoms with van der Waals surface area (Å²) in [5, 5.41) is 4.20. The molecule has 1 aromatic heterocycles. The fourth-order valence-corrected chi connectivity index (χ4v) is 3.04. The molecule has 0 atom stereocenters. The molecule has 1 amide bonds. The molecule has 0 spiro atoms. The molecule has 4 heteroatoms. The number of nitrogens with zero attached hydrogens (tertiary/aromatic N) is 3. The lowest BCUT2D eigenvalue weighted by Gasteiger charge is -2.15. The predicted octanol–water partition coefficient (Wildman–Crippen LogP) is 3.24. The van der Waals surface area contributed by atoms with Crippen LogP contribution in [0.15, 0.2) is 60.9 Å². The Hall–Kier alpha value is -2.88. The predicted molar refractivity (Wildman–Crippen MR) is 88.7 cm³/mol. The summed E-state index contributed by atoms with van der Waals surface area (Å²) < 4.78 is 1.80. The van der Waals surface area contributed by atoms with Crippen LogP contribution >= 0.6 is 0 Å². The quantitative estimate of drug-likeness (QED) is 0.745. The third kappa shape index (κ3) is 2.52. The minimum Gasteiger partial charge on any atom is -0.330 e. The van der Waals surface area contributed by atoms with Crippen molar-refractivity contribution in [3.63, 3.8) is 0 Å². The van der Waals surface area contributed by atoms with Gasteiger partial charge >= 0.3 is 0 Å². The van der Waals surface area contributed by atoms with Crippen LogP contribution in [0, 0.1) is 0 Å². The molecule has 23 heavy (non-hydrogen) atoms. The molecule has 0 bridgehead atoms. The molecule has 2 heterocycles. The van der Waals surface area contributed by atoms with Gasteiger partial charge in [-0.15, -0.1) is 0 Å². The fraction of sp³-hybridized carbons (Fsp3) is 0.158. The van der Waals surface area contributed by atoms with E-state index in [9.17, 15) is 4.79 Å². The molecule has 1 aliphatic rings. The Labute approximate surface area is 135 Å². The van der Waals surface area contributed by atoms with E-state index in [-0.39, 0.29) is 5.91 Å². The number of aromatic nitrogens is 2. The highest BCUT2D eigenvalue weighted by atomic mass is 16.2. The summed E-state index contributed by atoms with van der Waals surface area (Å²) in [5.74, 6) is 0.122. The molecule has 4 rings (SSSR count). The topological polar surface area (TPSA) is 38.1 Å². The molecule has 0 aliphatic carbocycles. The van der Waals surface area contributed by atoms with E-state index < -0.39 is 0 Å². The lowest BCUT2D eigenvalue weighted by Crippen LogP contribution is -2.23. The largest absolute Gasteiger partial charge is 0.330 e. The summed E-state index contributed by atoms with van der Waals surface area (Å²) in [5.41, 5.74) is 5.32. The van der Waals surface area contributed by atoms with Gasteiger partial charge in [0.05, 0.1) is 6.20 Å². The van der Waals surface area contributed by atoms with Gasteiger partial charge in [-0.2, -0.15) is 5.10 Å². The fourth-order valence-electron chi connectivity index (χ4n) is 3.04. The molecule has 1 aliphatic heterocycles. The molecule has 2 aromatic carbocycles. The molecule has 114 valence electrons. The highest BCUT2D eigenvalue weighted by Crippen LogP contribution is 2.25. The highest BCUT2D eigenvalue weighted by Gasteiger charge is 2.26. The second-order valence-corrected chi connectivity index (χ2v) is 5.92. The van der Waals surface area contributed by atoms with Crippen molar-refractivity contribution in [2.45, 2.75) is 13.1 Å². The zero-order valence-electron chi connectivity index (χ0n) is 12.9. The smallest absolute Gasteiger partial charge is 0.254 e. The van der Waals surface area contributed by atoms with E-state index in [0.29, 0.717) is 13.1 Å². The van der Waals surface area contributed by atoms with Gasteiger partial charge in [-0.1, -0.05) is 42.5 Å². The first-order valence-electron chi connectivity index (χ1n) is 7.66. The first kappa shape index (κ1) is 13.8. The molecule has 0 N–H and O–H groups in total. The van der Waals surface area contributed by atoms with Gasteiger partial charge in [0.2, 0.25) is 0 Å². The number of carbonyl (C=O) groups is 1. The van der Waals surface area contributed by atoms with Crippen LogP contribution in [0.1, 0.15) is 21.5 Å². The van der Waals surface area contributed by atoms with E-state index >= 15 is 0 Å². The SMILES string of the molecule is Cn1cc(-c2ccc(CN3Cc4ccccc4C3=O)cc2)cn1. The van der Waals surface area contributed by atoms with Gasteiger partial charge in [-0.3, -0.25) is 9.48 Å². The van der Waals surface area contributed by atoms with E-state index in [0.717, 1.165) is 27.8 Å². The minimum absolute atomic E-state index is 0.122. The van der Waals surface area contributed by atoms with Gasteiger partial charge < -0.3 is 4.90 Å². The van der Waals surface area contributed by atoms with E-state index in [2.05, 4.69) is 29.4 Å². The van der Waals surface area contributed by atoms with Crippen molar-refractivity contribution in [1.82, 2.24) is 14.7 Å². The number of carbonyl (C=O) groups excluding carboxylic acids is 1. The van der Waals surface area contributed by atoms with Crippen molar-refractivity contribution >= 4 is 5.91 Å². The third-order valence-corrected chi connectivity index (χ3v) is 4.26. The maximum Gasteiger partial charge on any atom is 0.254 e. The van der Waals surface area contributed by atoms with Crippen molar-refractivity contribution in [3.05, 3.63) is 77.6 Å². The number of benzene rings is 2. The van der Waals surface area contributed by atoms with Gasteiger partial charge in [0.25, 0.3) is 5.91 Å². The second-order valence-electron chi connectivity index (χ2n) is 5.92. The number of hydrogen-bond acceptors (Lipinski definition) is 2. The number of rotatable bonds is 3. The molecule has 3 aromatic rings. The number of aryl methyl sites for hydroxylation is 1. The van der Waals surface area contributed by atoms with Crippen molar-refractivity contribution in [2.75, 3.05) is 0 Å². The molecule has 0 saturated carbocycles. The summed E-state index contributed by atoms with van der Waals surface area (Å²) in [6.07, 6.45) is 3.85. The second kappa shape index (κ2) is 5.39. The lowest BCUT2D eigenvalue weighted by atomic mass is 10.1. The minimum atomic E-state index is 0.122. The Kier molecular flexibility index (Phi) is 3.23. The van der Waals surface area contributed by atoms with E-state index in [1.54, 1.807) is 4.68 Å². The van der Waals surface area contributed by atoms with Crippen LogP contribution in [0.25, 0.3) is 11.1 Å². The summed E-state index contributed by atoms with van der Waals surface area (Å²) in [4.78, 5) is 14.3. The Morgan fingerprint density at radius 3 is 2.52 bits per heavy atom. The van der Waals surface area contributed by atoms with E-state index in [1.165, 1.54) is 0 Å². The maximum atomic E-state index is 12.4. The Balaban J connectivity index is 1.51. The van der Waals surface area contributed by atoms with E-state index in [4.69, 9.17) is 0 Å². The van der Waals surface area contributed by atoms with Gasteiger partial charge in [-0.25, -0.2) is 0 Å². The monoisotopic (exact) mass is 303 g/mol. The van der Waals surface area contributed by atoms with Crippen LogP contribution < -0.4 is 0 Å². The Morgan fingerprint density at radius 1 is 1.04 bits per heavy atom. The van der Waals surface area contributed by atoms with Gasteiger partial charge in [-0.05, 0) is 22.8 Å². The molecule has 0 fully saturated rings. The number of amides is 1. The third-order valence-electron chi connectivity index (χ3n) is 4.26. The summed E-state index contributed by atoms with van der Waals surface area (Å²) in [6.45, 7) is 1.33. The van der Waals surface area contributed by atoms with Crippen LogP contribution in [0.5, 0.6) is 0 Å². The van der Waals surface area contributed by atoms with Crippen LogP contribution in [0.4, 0.5) is 0 Å². The zero-order chi connectivity index (χ0) is 15.8. The van der Waals surface area contributed by atoms with Crippen LogP contribution in [-0.4, -0.2) is 20.6 Å². The molecule has 0 unspecified atom stereocenters. The standard InChI is InChI=1S/C19H17N3O/c1-21-12-17(10-20-21)15-8-6-14(7-9-15)11-22-13-16-4-2-3-5-18(16)19(22)23/h2-10,12H,11,13H2,1H3. The average molecular weight is 303 g/mol. The van der Waals surface area contributed by atoms with Crippen molar-refractivity contribution in [1.29, 1.82) is 0 Å². The summed E-state index contributed by atoms with van der Waals surface area (Å²) in [7, 11) is 1.91. The molecule has 0 radical (unpaired) electrons. The molecule has 4 nitrogen and oxygen atoms in total. The number of fused-ring (bicyclic) bond motifs is 1. The normalized spacial score (nSPS) is 13.4. The highest BCUT2D eigenvalue weighted by molar-refractivity contribution is 5.98. The van der Waals surface area contributed by atoms with Crippen molar-refractivity contribution in [2.24, 2.45) is 7.05 Å². The van der Waals surface area contributed by atoms with Crippen LogP contribution in [0.2, 0.25) is 0 Å². The first-order valence-corrected chi connectivity index (χ1v) is 7.66. The lowest BCUT2D eigenvalue weighted by molar-refractivity contribution is 0.0766. The Bertz CT molecular complexity index is 864. The van der Waals surface area contributed by atoms with E-state index in [1.807, 2.05) is 48.6 Å². The first-order chi connectivity index (χ1) is 11.2. The summed E-state index contributed by atoms with van der Waals surface area (Å²) >= 11 is 0. The van der Waals surface area contributed by atoms with Crippen molar-refractivity contribution < 1.29 is 4.79 Å². The van der Waals surface area contributed by atoms with Gasteiger partial charge in [0.15, 0.2) is 0 Å².